The van der Waals surface area contributed by atoms with Crippen LogP contribution < -0.4 is 10.1 Å². The van der Waals surface area contributed by atoms with Crippen LogP contribution in [-0.2, 0) is 13.2 Å². The van der Waals surface area contributed by atoms with Crippen LogP contribution in [0, 0.1) is 6.92 Å². The zero-order valence-electron chi connectivity index (χ0n) is 14.9. The summed E-state index contributed by atoms with van der Waals surface area (Å²) in [6.45, 7) is 5.65. The third-order valence-corrected chi connectivity index (χ3v) is 4.39. The highest BCUT2D eigenvalue weighted by Gasteiger charge is 2.07. The molecule has 1 N–H and O–H groups in total. The average Bonchev–Trinajstić information content (AvgIpc) is 2.67. The van der Waals surface area contributed by atoms with Crippen molar-refractivity contribution in [3.05, 3.63) is 101 Å². The van der Waals surface area contributed by atoms with E-state index in [9.17, 15) is 0 Å². The van der Waals surface area contributed by atoms with Gasteiger partial charge in [0.1, 0.15) is 12.4 Å². The van der Waals surface area contributed by atoms with Gasteiger partial charge in [0.25, 0.3) is 0 Å². The summed E-state index contributed by atoms with van der Waals surface area (Å²) < 4.78 is 6.06. The first-order valence-electron chi connectivity index (χ1n) is 8.77. The van der Waals surface area contributed by atoms with Crippen molar-refractivity contribution in [2.75, 3.05) is 0 Å². The second kappa shape index (κ2) is 8.50. The van der Waals surface area contributed by atoms with Crippen molar-refractivity contribution >= 4 is 0 Å². The van der Waals surface area contributed by atoms with Crippen LogP contribution in [0.5, 0.6) is 5.75 Å². The predicted molar refractivity (Wildman–Crippen MR) is 104 cm³/mol. The van der Waals surface area contributed by atoms with Crippen LogP contribution in [0.3, 0.4) is 0 Å². The second-order valence-corrected chi connectivity index (χ2v) is 6.40. The molecular weight excluding hydrogens is 306 g/mol. The first-order valence-corrected chi connectivity index (χ1v) is 8.77. The Balaban J connectivity index is 1.61. The third-order valence-electron chi connectivity index (χ3n) is 4.39. The lowest BCUT2D eigenvalue weighted by atomic mass is 10.1. The molecule has 2 heteroatoms. The maximum Gasteiger partial charge on any atom is 0.124 e. The Morgan fingerprint density at radius 1 is 0.840 bits per heavy atom. The van der Waals surface area contributed by atoms with Gasteiger partial charge in [0, 0.05) is 18.2 Å². The van der Waals surface area contributed by atoms with Crippen molar-refractivity contribution in [3.63, 3.8) is 0 Å². The highest BCUT2D eigenvalue weighted by Crippen LogP contribution is 2.21. The van der Waals surface area contributed by atoms with E-state index in [1.807, 2.05) is 18.2 Å². The lowest BCUT2D eigenvalue weighted by Gasteiger charge is -2.16. The molecule has 1 atom stereocenters. The molecule has 0 aliphatic carbocycles. The Kier molecular flexibility index (Phi) is 5.86. The van der Waals surface area contributed by atoms with E-state index in [1.54, 1.807) is 0 Å². The van der Waals surface area contributed by atoms with Crippen LogP contribution in [-0.4, -0.2) is 0 Å². The van der Waals surface area contributed by atoms with Crippen molar-refractivity contribution in [1.82, 2.24) is 5.32 Å². The summed E-state index contributed by atoms with van der Waals surface area (Å²) in [5, 5.41) is 3.58. The normalized spacial score (nSPS) is 11.9. The lowest BCUT2D eigenvalue weighted by Crippen LogP contribution is -2.18. The number of hydrogen-bond donors (Lipinski definition) is 1. The van der Waals surface area contributed by atoms with E-state index in [0.29, 0.717) is 12.6 Å². The molecular formula is C23H25NO. The number of ether oxygens (including phenoxy) is 1. The molecule has 0 aliphatic rings. The van der Waals surface area contributed by atoms with Gasteiger partial charge in [0.15, 0.2) is 0 Å². The highest BCUT2D eigenvalue weighted by atomic mass is 16.5. The fourth-order valence-corrected chi connectivity index (χ4v) is 2.76. The number of nitrogens with one attached hydrogen (secondary N) is 1. The van der Waals surface area contributed by atoms with Gasteiger partial charge in [-0.3, -0.25) is 0 Å². The van der Waals surface area contributed by atoms with Gasteiger partial charge in [-0.25, -0.2) is 0 Å². The summed E-state index contributed by atoms with van der Waals surface area (Å²) >= 11 is 0. The summed E-state index contributed by atoms with van der Waals surface area (Å²) in [5.74, 6) is 0.941. The maximum absolute atomic E-state index is 6.06. The Hall–Kier alpha value is -2.58. The maximum atomic E-state index is 6.06. The molecule has 0 saturated carbocycles. The molecule has 0 spiro atoms. The molecule has 2 nitrogen and oxygen atoms in total. The molecule has 0 bridgehead atoms. The molecule has 3 rings (SSSR count). The van der Waals surface area contributed by atoms with E-state index in [1.165, 1.54) is 22.3 Å². The fourth-order valence-electron chi connectivity index (χ4n) is 2.76. The minimum atomic E-state index is 0.298. The van der Waals surface area contributed by atoms with E-state index in [-0.39, 0.29) is 0 Å². The smallest absolute Gasteiger partial charge is 0.124 e. The highest BCUT2D eigenvalue weighted by molar-refractivity contribution is 5.34. The predicted octanol–water partition coefficient (Wildman–Crippen LogP) is 5.42. The minimum Gasteiger partial charge on any atom is -0.489 e. The van der Waals surface area contributed by atoms with E-state index in [4.69, 9.17) is 4.74 Å². The van der Waals surface area contributed by atoms with E-state index >= 15 is 0 Å². The van der Waals surface area contributed by atoms with Gasteiger partial charge in [-0.1, -0.05) is 78.4 Å². The van der Waals surface area contributed by atoms with Gasteiger partial charge in [-0.05, 0) is 31.0 Å². The van der Waals surface area contributed by atoms with E-state index in [0.717, 1.165) is 12.3 Å². The Bertz CT molecular complexity index is 781. The molecule has 0 unspecified atom stereocenters. The molecule has 3 aromatic rings. The first kappa shape index (κ1) is 17.2. The average molecular weight is 331 g/mol. The molecule has 0 aliphatic heterocycles. The summed E-state index contributed by atoms with van der Waals surface area (Å²) in [6.07, 6.45) is 0. The summed E-state index contributed by atoms with van der Waals surface area (Å²) in [7, 11) is 0. The lowest BCUT2D eigenvalue weighted by molar-refractivity contribution is 0.301. The van der Waals surface area contributed by atoms with E-state index in [2.05, 4.69) is 79.8 Å². The van der Waals surface area contributed by atoms with Gasteiger partial charge >= 0.3 is 0 Å². The third kappa shape index (κ3) is 4.94. The van der Waals surface area contributed by atoms with Crippen LogP contribution in [0.15, 0.2) is 78.9 Å². The molecule has 25 heavy (non-hydrogen) atoms. The number of benzene rings is 3. The van der Waals surface area contributed by atoms with Crippen LogP contribution in [0.2, 0.25) is 0 Å². The number of para-hydroxylation sites is 1. The van der Waals surface area contributed by atoms with Crippen LogP contribution in [0.1, 0.15) is 35.2 Å². The monoisotopic (exact) mass is 331 g/mol. The Morgan fingerprint density at radius 2 is 1.52 bits per heavy atom. The Labute approximate surface area is 150 Å². The van der Waals surface area contributed by atoms with Gasteiger partial charge in [0.05, 0.1) is 0 Å². The quantitative estimate of drug-likeness (QED) is 0.624. The molecule has 0 fully saturated rings. The largest absolute Gasteiger partial charge is 0.489 e. The fraction of sp³-hybridized carbons (Fsp3) is 0.217. The summed E-state index contributed by atoms with van der Waals surface area (Å²) in [6, 6.07) is 27.5. The molecule has 0 heterocycles. The summed E-state index contributed by atoms with van der Waals surface area (Å²) in [5.41, 5.74) is 4.92. The topological polar surface area (TPSA) is 21.3 Å². The number of hydrogen-bond acceptors (Lipinski definition) is 2. The standard InChI is InChI=1S/C23H25NO/c1-18-12-14-20(15-13-18)17-25-23-11-7-6-10-22(23)16-24-19(2)21-8-4-3-5-9-21/h3-15,19,24H,16-17H2,1-2H3/t19-/m1/s1. The van der Waals surface area contributed by atoms with Crippen LogP contribution >= 0.6 is 0 Å². The number of rotatable bonds is 7. The first-order chi connectivity index (χ1) is 12.2. The second-order valence-electron chi connectivity index (χ2n) is 6.40. The van der Waals surface area contributed by atoms with Crippen molar-refractivity contribution in [2.45, 2.75) is 33.0 Å². The number of aryl methyl sites for hydroxylation is 1. The van der Waals surface area contributed by atoms with Crippen LogP contribution in [0.4, 0.5) is 0 Å². The van der Waals surface area contributed by atoms with Gasteiger partial charge in [-0.15, -0.1) is 0 Å². The molecule has 0 saturated heterocycles. The van der Waals surface area contributed by atoms with Gasteiger partial charge in [-0.2, -0.15) is 0 Å². The Morgan fingerprint density at radius 3 is 2.28 bits per heavy atom. The van der Waals surface area contributed by atoms with Crippen LogP contribution in [0.25, 0.3) is 0 Å². The van der Waals surface area contributed by atoms with E-state index < -0.39 is 0 Å². The van der Waals surface area contributed by atoms with Crippen molar-refractivity contribution in [3.8, 4) is 5.75 Å². The molecule has 3 aromatic carbocycles. The molecule has 0 radical (unpaired) electrons. The molecule has 128 valence electrons. The van der Waals surface area contributed by atoms with Crippen molar-refractivity contribution < 1.29 is 4.74 Å². The zero-order chi connectivity index (χ0) is 17.5. The van der Waals surface area contributed by atoms with Gasteiger partial charge < -0.3 is 10.1 Å². The van der Waals surface area contributed by atoms with Crippen molar-refractivity contribution in [2.24, 2.45) is 0 Å². The molecule has 0 aromatic heterocycles. The van der Waals surface area contributed by atoms with Crippen molar-refractivity contribution in [1.29, 1.82) is 0 Å². The zero-order valence-corrected chi connectivity index (χ0v) is 14.9. The molecule has 0 amide bonds. The SMILES string of the molecule is Cc1ccc(COc2ccccc2CN[C@H](C)c2ccccc2)cc1. The minimum absolute atomic E-state index is 0.298. The van der Waals surface area contributed by atoms with Gasteiger partial charge in [0.2, 0.25) is 0 Å². The summed E-state index contributed by atoms with van der Waals surface area (Å²) in [4.78, 5) is 0.